The topological polar surface area (TPSA) is 70.0 Å². The molecule has 2 aliphatic rings. The van der Waals surface area contributed by atoms with Gasteiger partial charge in [-0.2, -0.15) is 0 Å². The molecule has 0 saturated carbocycles. The van der Waals surface area contributed by atoms with Gasteiger partial charge in [-0.1, -0.05) is 65.9 Å². The van der Waals surface area contributed by atoms with Crippen LogP contribution in [0.4, 0.5) is 0 Å². The standard InChI is InChI=1S/C23H19N5OS/c1-15-9-11-16(12-10-15)14-30-23-26-22(29)20-17-6-2-3-7-18(17)25-21(28(20)27-23)19-8-4-5-13-24-19/h2-13,21H,14H2,1H3,(H,26,27,29)/t21-/m0/s1. The molecule has 5 rings (SSSR count). The van der Waals surface area contributed by atoms with E-state index in [4.69, 9.17) is 10.1 Å². The quantitative estimate of drug-likeness (QED) is 0.716. The highest BCUT2D eigenvalue weighted by Crippen LogP contribution is 2.30. The molecule has 2 aliphatic heterocycles. The van der Waals surface area contributed by atoms with E-state index in [-0.39, 0.29) is 5.91 Å². The van der Waals surface area contributed by atoms with Crippen LogP contribution >= 0.6 is 11.8 Å². The Morgan fingerprint density at radius 2 is 1.83 bits per heavy atom. The molecule has 2 aromatic carbocycles. The lowest BCUT2D eigenvalue weighted by molar-refractivity contribution is -0.116. The predicted octanol–water partition coefficient (Wildman–Crippen LogP) is 2.47. The third-order valence-corrected chi connectivity index (χ3v) is 5.90. The smallest absolute Gasteiger partial charge is 0.276 e. The molecule has 1 amide bonds. The number of para-hydroxylation sites is 1. The van der Waals surface area contributed by atoms with Gasteiger partial charge < -0.3 is 0 Å². The second kappa shape index (κ2) is 7.76. The Labute approximate surface area is 178 Å². The summed E-state index contributed by atoms with van der Waals surface area (Å²) in [7, 11) is 0. The van der Waals surface area contributed by atoms with E-state index in [1.807, 2.05) is 42.5 Å². The second-order valence-electron chi connectivity index (χ2n) is 7.10. The van der Waals surface area contributed by atoms with E-state index in [2.05, 4.69) is 41.5 Å². The Bertz CT molecular complexity index is 1250. The maximum atomic E-state index is 13.1. The van der Waals surface area contributed by atoms with Crippen LogP contribution in [0.5, 0.6) is 0 Å². The summed E-state index contributed by atoms with van der Waals surface area (Å²) < 4.78 is 0. The molecule has 148 valence electrons. The number of hydrazone groups is 1. The number of aromatic nitrogens is 1. The molecule has 1 aromatic heterocycles. The Kier molecular flexibility index (Phi) is 4.80. The Hall–Kier alpha value is -3.45. The van der Waals surface area contributed by atoms with Crippen LogP contribution in [0.25, 0.3) is 5.70 Å². The number of aryl methyl sites for hydroxylation is 1. The zero-order valence-corrected chi connectivity index (χ0v) is 17.1. The molecule has 0 radical (unpaired) electrons. The van der Waals surface area contributed by atoms with Gasteiger partial charge in [-0.05, 0) is 30.7 Å². The summed E-state index contributed by atoms with van der Waals surface area (Å²) >= 11 is 1.50. The SMILES string of the molecule is Cc1ccc(CSC2=NN3C(=c4ccccc4=N[C@@H]3c3ccccn3)C(=O)N2)cc1. The summed E-state index contributed by atoms with van der Waals surface area (Å²) in [6, 6.07) is 21.7. The Balaban J connectivity index is 1.54. The molecule has 1 N–H and O–H groups in total. The van der Waals surface area contributed by atoms with Crippen LogP contribution in [0.3, 0.4) is 0 Å². The number of carbonyl (C=O) groups is 1. The lowest BCUT2D eigenvalue weighted by Crippen LogP contribution is -2.50. The monoisotopic (exact) mass is 413 g/mol. The number of rotatable bonds is 3. The molecule has 6 nitrogen and oxygen atoms in total. The van der Waals surface area contributed by atoms with Gasteiger partial charge in [0.2, 0.25) is 0 Å². The van der Waals surface area contributed by atoms with Gasteiger partial charge in [-0.25, -0.2) is 5.01 Å². The largest absolute Gasteiger partial charge is 0.298 e. The molecule has 0 unspecified atom stereocenters. The Morgan fingerprint density at radius 3 is 2.63 bits per heavy atom. The first kappa shape index (κ1) is 18.6. The minimum atomic E-state index is -0.489. The van der Waals surface area contributed by atoms with Gasteiger partial charge in [-0.15, -0.1) is 5.10 Å². The molecule has 0 fully saturated rings. The first-order chi connectivity index (χ1) is 14.7. The van der Waals surface area contributed by atoms with Crippen LogP contribution in [0, 0.1) is 6.92 Å². The number of nitrogens with one attached hydrogen (secondary N) is 1. The molecule has 7 heteroatoms. The van der Waals surface area contributed by atoms with Crippen molar-refractivity contribution in [3.8, 4) is 0 Å². The van der Waals surface area contributed by atoms with E-state index in [0.29, 0.717) is 16.6 Å². The number of thioether (sulfide) groups is 1. The van der Waals surface area contributed by atoms with Crippen LogP contribution in [0.15, 0.2) is 83.0 Å². The van der Waals surface area contributed by atoms with Crippen molar-refractivity contribution in [2.45, 2.75) is 18.8 Å². The first-order valence-corrected chi connectivity index (χ1v) is 10.6. The minimum absolute atomic E-state index is 0.181. The number of fused-ring (bicyclic) bond motifs is 2. The molecule has 3 aromatic rings. The Morgan fingerprint density at radius 1 is 1.03 bits per heavy atom. The lowest BCUT2D eigenvalue weighted by atomic mass is 10.1. The second-order valence-corrected chi connectivity index (χ2v) is 8.07. The third kappa shape index (κ3) is 3.48. The van der Waals surface area contributed by atoms with Crippen molar-refractivity contribution in [3.05, 3.63) is 100 Å². The van der Waals surface area contributed by atoms with E-state index in [1.165, 1.54) is 22.9 Å². The molecule has 1 atom stereocenters. The van der Waals surface area contributed by atoms with E-state index in [0.717, 1.165) is 16.3 Å². The highest BCUT2D eigenvalue weighted by Gasteiger charge is 2.34. The fourth-order valence-corrected chi connectivity index (χ4v) is 4.26. The van der Waals surface area contributed by atoms with Crippen LogP contribution in [-0.2, 0) is 10.5 Å². The number of pyridine rings is 1. The molecule has 0 saturated heterocycles. The number of nitrogens with zero attached hydrogens (tertiary/aromatic N) is 4. The van der Waals surface area contributed by atoms with E-state index >= 15 is 0 Å². The van der Waals surface area contributed by atoms with Crippen molar-refractivity contribution >= 4 is 28.5 Å². The van der Waals surface area contributed by atoms with Crippen molar-refractivity contribution in [1.29, 1.82) is 0 Å². The number of amides is 1. The van der Waals surface area contributed by atoms with Crippen molar-refractivity contribution in [3.63, 3.8) is 0 Å². The van der Waals surface area contributed by atoms with Gasteiger partial charge in [0.25, 0.3) is 5.91 Å². The number of hydrogen-bond acceptors (Lipinski definition) is 6. The number of hydrogen-bond donors (Lipinski definition) is 1. The van der Waals surface area contributed by atoms with Gasteiger partial charge in [-0.3, -0.25) is 20.1 Å². The zero-order valence-electron chi connectivity index (χ0n) is 16.3. The van der Waals surface area contributed by atoms with Crippen molar-refractivity contribution in [2.75, 3.05) is 0 Å². The van der Waals surface area contributed by atoms with E-state index in [1.54, 1.807) is 11.2 Å². The van der Waals surface area contributed by atoms with Crippen molar-refractivity contribution in [2.24, 2.45) is 10.1 Å². The maximum Gasteiger partial charge on any atom is 0.276 e. The molecule has 0 bridgehead atoms. The minimum Gasteiger partial charge on any atom is -0.298 e. The van der Waals surface area contributed by atoms with Crippen LogP contribution in [0.2, 0.25) is 0 Å². The molecular weight excluding hydrogens is 394 g/mol. The average Bonchev–Trinajstić information content (AvgIpc) is 2.78. The van der Waals surface area contributed by atoms with Crippen LogP contribution in [0.1, 0.15) is 23.0 Å². The molecule has 0 aliphatic carbocycles. The lowest BCUT2D eigenvalue weighted by Gasteiger charge is -2.33. The summed E-state index contributed by atoms with van der Waals surface area (Å²) in [5.74, 6) is 0.532. The van der Waals surface area contributed by atoms with Gasteiger partial charge in [0.1, 0.15) is 5.70 Å². The summed E-state index contributed by atoms with van der Waals surface area (Å²) in [6.45, 7) is 2.06. The number of benzene rings is 2. The summed E-state index contributed by atoms with van der Waals surface area (Å²) in [6.07, 6.45) is 1.24. The zero-order chi connectivity index (χ0) is 20.5. The predicted molar refractivity (Wildman–Crippen MR) is 117 cm³/mol. The van der Waals surface area contributed by atoms with Crippen molar-refractivity contribution < 1.29 is 4.79 Å². The van der Waals surface area contributed by atoms with Gasteiger partial charge in [0.05, 0.1) is 11.1 Å². The maximum absolute atomic E-state index is 13.1. The first-order valence-electron chi connectivity index (χ1n) is 9.65. The third-order valence-electron chi connectivity index (χ3n) is 4.96. The molecular formula is C23H19N5OS. The van der Waals surface area contributed by atoms with Crippen molar-refractivity contribution in [1.82, 2.24) is 15.3 Å². The van der Waals surface area contributed by atoms with Crippen LogP contribution < -0.4 is 15.9 Å². The van der Waals surface area contributed by atoms with Crippen LogP contribution in [-0.4, -0.2) is 21.1 Å². The highest BCUT2D eigenvalue weighted by atomic mass is 32.2. The molecule has 30 heavy (non-hydrogen) atoms. The highest BCUT2D eigenvalue weighted by molar-refractivity contribution is 8.13. The molecule has 0 spiro atoms. The number of carbonyl (C=O) groups excluding carboxylic acids is 1. The van der Waals surface area contributed by atoms with E-state index < -0.39 is 6.17 Å². The van der Waals surface area contributed by atoms with E-state index in [9.17, 15) is 4.79 Å². The van der Waals surface area contributed by atoms with Gasteiger partial charge in [0.15, 0.2) is 11.3 Å². The fraction of sp³-hybridized carbons (Fsp3) is 0.130. The van der Waals surface area contributed by atoms with Gasteiger partial charge in [0, 0.05) is 17.2 Å². The number of amidine groups is 1. The summed E-state index contributed by atoms with van der Waals surface area (Å²) in [5.41, 5.74) is 3.63. The molecule has 3 heterocycles. The summed E-state index contributed by atoms with van der Waals surface area (Å²) in [5, 5.41) is 11.5. The fourth-order valence-electron chi connectivity index (χ4n) is 3.45. The average molecular weight is 414 g/mol. The van der Waals surface area contributed by atoms with Gasteiger partial charge >= 0.3 is 0 Å². The summed E-state index contributed by atoms with van der Waals surface area (Å²) in [4.78, 5) is 22.4. The normalized spacial score (nSPS) is 17.4.